The van der Waals surface area contributed by atoms with Gasteiger partial charge in [-0.15, -0.1) is 0 Å². The number of nitrogens with two attached hydrogens (primary N) is 1. The van der Waals surface area contributed by atoms with Gasteiger partial charge >= 0.3 is 0 Å². The summed E-state index contributed by atoms with van der Waals surface area (Å²) in [6.07, 6.45) is 0. The average Bonchev–Trinajstić information content (AvgIpc) is 2.46. The molecule has 0 aliphatic carbocycles. The molecule has 0 bridgehead atoms. The molecular weight excluding hydrogens is 154 g/mol. The summed E-state index contributed by atoms with van der Waals surface area (Å²) in [5.74, 6) is 0.782. The first-order chi connectivity index (χ1) is 5.40. The van der Waals surface area contributed by atoms with Crippen molar-refractivity contribution in [2.45, 2.75) is 0 Å². The molecule has 0 spiro atoms. The van der Waals surface area contributed by atoms with Gasteiger partial charge in [-0.2, -0.15) is 10.9 Å². The Kier molecular flexibility index (Phi) is 1.72. The zero-order chi connectivity index (χ0) is 7.68. The highest BCUT2D eigenvalue weighted by atomic mass is 32.2. The van der Waals surface area contributed by atoms with E-state index in [0.29, 0.717) is 0 Å². The van der Waals surface area contributed by atoms with Gasteiger partial charge in [-0.3, -0.25) is 0 Å². The van der Waals surface area contributed by atoms with Crippen LogP contribution < -0.4 is 16.2 Å². The SMILES string of the molecule is NC[SH]1C=c2ccccc2=C1. The molecule has 2 N–H and O–H groups in total. The molecule has 1 aliphatic rings. The first kappa shape index (κ1) is 6.95. The lowest BCUT2D eigenvalue weighted by molar-refractivity contribution is 1.40. The summed E-state index contributed by atoms with van der Waals surface area (Å²) < 4.78 is 0. The molecule has 2 heteroatoms. The summed E-state index contributed by atoms with van der Waals surface area (Å²) in [5.41, 5.74) is 5.58. The lowest BCUT2D eigenvalue weighted by Crippen LogP contribution is -2.19. The Morgan fingerprint density at radius 3 is 2.09 bits per heavy atom. The van der Waals surface area contributed by atoms with E-state index in [9.17, 15) is 0 Å². The van der Waals surface area contributed by atoms with E-state index in [1.807, 2.05) is 0 Å². The molecule has 11 heavy (non-hydrogen) atoms. The van der Waals surface area contributed by atoms with Gasteiger partial charge in [-0.05, 0) is 21.3 Å². The van der Waals surface area contributed by atoms with E-state index in [-0.39, 0.29) is 10.9 Å². The third kappa shape index (κ3) is 1.19. The quantitative estimate of drug-likeness (QED) is 0.567. The third-order valence-corrected chi connectivity index (χ3v) is 3.46. The number of thiol groups is 1. The molecule has 0 saturated heterocycles. The number of benzene rings is 1. The number of hydrogen-bond acceptors (Lipinski definition) is 1. The Labute approximate surface area is 68.6 Å². The summed E-state index contributed by atoms with van der Waals surface area (Å²) in [7, 11) is -0.142. The molecule has 1 aromatic rings. The minimum absolute atomic E-state index is 0.142. The Morgan fingerprint density at radius 2 is 1.64 bits per heavy atom. The fourth-order valence-corrected chi connectivity index (χ4v) is 2.72. The van der Waals surface area contributed by atoms with E-state index >= 15 is 0 Å². The fourth-order valence-electron chi connectivity index (χ4n) is 1.25. The highest BCUT2D eigenvalue weighted by molar-refractivity contribution is 8.29. The molecule has 0 unspecified atom stereocenters. The van der Waals surface area contributed by atoms with E-state index in [4.69, 9.17) is 5.73 Å². The molecule has 0 amide bonds. The van der Waals surface area contributed by atoms with Crippen molar-refractivity contribution < 1.29 is 0 Å². The van der Waals surface area contributed by atoms with Crippen molar-refractivity contribution in [1.82, 2.24) is 0 Å². The van der Waals surface area contributed by atoms with Crippen LogP contribution in [0.1, 0.15) is 0 Å². The average molecular weight is 165 g/mol. The summed E-state index contributed by atoms with van der Waals surface area (Å²) in [6.45, 7) is 0. The van der Waals surface area contributed by atoms with Crippen LogP contribution in [0.5, 0.6) is 0 Å². The summed E-state index contributed by atoms with van der Waals surface area (Å²) in [4.78, 5) is 0. The van der Waals surface area contributed by atoms with Crippen LogP contribution >= 0.6 is 10.9 Å². The molecule has 0 atom stereocenters. The van der Waals surface area contributed by atoms with Crippen LogP contribution in [-0.4, -0.2) is 5.88 Å². The van der Waals surface area contributed by atoms with E-state index in [2.05, 4.69) is 35.1 Å². The maximum atomic E-state index is 5.58. The van der Waals surface area contributed by atoms with E-state index in [1.165, 1.54) is 10.4 Å². The first-order valence-electron chi connectivity index (χ1n) is 3.65. The molecule has 1 nitrogen and oxygen atoms in total. The van der Waals surface area contributed by atoms with Crippen LogP contribution in [-0.2, 0) is 0 Å². The van der Waals surface area contributed by atoms with Gasteiger partial charge < -0.3 is 5.73 Å². The zero-order valence-electron chi connectivity index (χ0n) is 6.20. The van der Waals surface area contributed by atoms with Gasteiger partial charge in [0.2, 0.25) is 0 Å². The number of hydrogen-bond donors (Lipinski definition) is 2. The van der Waals surface area contributed by atoms with Crippen LogP contribution in [0.15, 0.2) is 24.3 Å². The second kappa shape index (κ2) is 2.72. The molecule has 0 saturated carbocycles. The van der Waals surface area contributed by atoms with E-state index in [0.717, 1.165) is 5.88 Å². The molecule has 1 heterocycles. The van der Waals surface area contributed by atoms with Gasteiger partial charge in [0.1, 0.15) is 0 Å². The van der Waals surface area contributed by atoms with Crippen LogP contribution in [0.2, 0.25) is 0 Å². The van der Waals surface area contributed by atoms with Crippen molar-refractivity contribution in [3.05, 3.63) is 34.7 Å². The maximum absolute atomic E-state index is 5.58. The summed E-state index contributed by atoms with van der Waals surface area (Å²) in [6, 6.07) is 8.42. The maximum Gasteiger partial charge on any atom is 0.0277 e. The Hall–Kier alpha value is -0.730. The lowest BCUT2D eigenvalue weighted by atomic mass is 10.3. The molecular formula is C9H11NS. The molecule has 2 rings (SSSR count). The van der Waals surface area contributed by atoms with Gasteiger partial charge in [0.25, 0.3) is 0 Å². The molecule has 1 aromatic carbocycles. The lowest BCUT2D eigenvalue weighted by Gasteiger charge is -2.01. The standard InChI is InChI=1S/C9H11NS/c10-7-11-5-8-3-1-2-4-9(8)6-11/h1-6,11H,7,10H2. The van der Waals surface area contributed by atoms with E-state index in [1.54, 1.807) is 0 Å². The number of rotatable bonds is 1. The van der Waals surface area contributed by atoms with Crippen molar-refractivity contribution >= 4 is 21.7 Å². The minimum Gasteiger partial charge on any atom is -0.323 e. The largest absolute Gasteiger partial charge is 0.323 e. The van der Waals surface area contributed by atoms with Crippen LogP contribution in [0, 0.1) is 0 Å². The smallest absolute Gasteiger partial charge is 0.0277 e. The zero-order valence-corrected chi connectivity index (χ0v) is 7.09. The van der Waals surface area contributed by atoms with Crippen molar-refractivity contribution in [3.8, 4) is 0 Å². The normalized spacial score (nSPS) is 17.0. The Morgan fingerprint density at radius 1 is 1.09 bits per heavy atom. The van der Waals surface area contributed by atoms with Crippen LogP contribution in [0.3, 0.4) is 0 Å². The van der Waals surface area contributed by atoms with Crippen molar-refractivity contribution in [2.24, 2.45) is 5.73 Å². The van der Waals surface area contributed by atoms with E-state index < -0.39 is 0 Å². The summed E-state index contributed by atoms with van der Waals surface area (Å²) >= 11 is 0. The Balaban J connectivity index is 2.61. The monoisotopic (exact) mass is 165 g/mol. The van der Waals surface area contributed by atoms with Crippen LogP contribution in [0.25, 0.3) is 10.8 Å². The molecule has 0 radical (unpaired) electrons. The highest BCUT2D eigenvalue weighted by Crippen LogP contribution is 2.27. The third-order valence-electron chi connectivity index (χ3n) is 1.82. The second-order valence-corrected chi connectivity index (χ2v) is 4.49. The van der Waals surface area contributed by atoms with Gasteiger partial charge in [0, 0.05) is 5.88 Å². The van der Waals surface area contributed by atoms with Gasteiger partial charge in [-0.1, -0.05) is 24.3 Å². The predicted molar refractivity (Wildman–Crippen MR) is 52.7 cm³/mol. The highest BCUT2D eigenvalue weighted by Gasteiger charge is 1.98. The molecule has 58 valence electrons. The predicted octanol–water partition coefficient (Wildman–Crippen LogP) is 0.0936. The molecule has 0 fully saturated rings. The van der Waals surface area contributed by atoms with Gasteiger partial charge in [0.05, 0.1) is 0 Å². The van der Waals surface area contributed by atoms with Crippen LogP contribution in [0.4, 0.5) is 0 Å². The molecule has 0 aromatic heterocycles. The van der Waals surface area contributed by atoms with Crippen molar-refractivity contribution in [2.75, 3.05) is 5.88 Å². The number of fused-ring (bicyclic) bond motifs is 1. The van der Waals surface area contributed by atoms with Crippen molar-refractivity contribution in [3.63, 3.8) is 0 Å². The topological polar surface area (TPSA) is 26.0 Å². The Bertz CT molecular complexity index is 334. The second-order valence-electron chi connectivity index (χ2n) is 2.58. The van der Waals surface area contributed by atoms with Crippen molar-refractivity contribution in [1.29, 1.82) is 0 Å². The molecule has 1 aliphatic heterocycles. The fraction of sp³-hybridized carbons (Fsp3) is 0.111. The minimum atomic E-state index is -0.142. The van der Waals surface area contributed by atoms with Gasteiger partial charge in [-0.25, -0.2) is 0 Å². The summed E-state index contributed by atoms with van der Waals surface area (Å²) in [5, 5.41) is 7.27. The first-order valence-corrected chi connectivity index (χ1v) is 5.31. The van der Waals surface area contributed by atoms with Gasteiger partial charge in [0.15, 0.2) is 0 Å².